The van der Waals surface area contributed by atoms with E-state index in [2.05, 4.69) is 21.1 Å². The van der Waals surface area contributed by atoms with Gasteiger partial charge in [-0.05, 0) is 37.5 Å². The summed E-state index contributed by atoms with van der Waals surface area (Å²) in [5.41, 5.74) is 8.05. The molecule has 144 valence electrons. The molecule has 7 heteroatoms. The number of benzene rings is 1. The van der Waals surface area contributed by atoms with E-state index in [1.165, 1.54) is 6.08 Å². The number of nitrogens with two attached hydrogens (primary N) is 1. The van der Waals surface area contributed by atoms with Crippen molar-refractivity contribution in [3.05, 3.63) is 48.1 Å². The smallest absolute Gasteiger partial charge is 0.222 e. The average molecular weight is 396 g/mol. The summed E-state index contributed by atoms with van der Waals surface area (Å²) in [4.78, 5) is 25.7. The van der Waals surface area contributed by atoms with Gasteiger partial charge in [0, 0.05) is 17.5 Å². The zero-order valence-corrected chi connectivity index (χ0v) is 16.3. The quantitative estimate of drug-likeness (QED) is 0.515. The lowest BCUT2D eigenvalue weighted by Crippen LogP contribution is -2.18. The van der Waals surface area contributed by atoms with Crippen LogP contribution in [0, 0.1) is 5.92 Å². The van der Waals surface area contributed by atoms with E-state index in [9.17, 15) is 4.79 Å². The number of allylic oxidation sites excluding steroid dienone is 1. The molecule has 1 fully saturated rings. The maximum atomic E-state index is 12.4. The number of anilines is 1. The van der Waals surface area contributed by atoms with Crippen molar-refractivity contribution in [2.45, 2.75) is 38.1 Å². The standard InChI is InChI=1S/C21H22ClN5O/c1-2-18(28)13-7-3-4-8-14(11-13)27-19(15-9-5-6-10-16(15)22)25-17-12-24-21(23)26-20(17)27/h2,5-6,9-10,12-14H,1,3-4,7-8,11H2,(H2,23,24,26). The zero-order chi connectivity index (χ0) is 19.7. The normalized spacial score (nSPS) is 20.0. The van der Waals surface area contributed by atoms with Crippen molar-refractivity contribution in [2.24, 2.45) is 5.92 Å². The van der Waals surface area contributed by atoms with Crippen molar-refractivity contribution in [3.8, 4) is 11.4 Å². The van der Waals surface area contributed by atoms with Crippen LogP contribution in [0.15, 0.2) is 43.1 Å². The van der Waals surface area contributed by atoms with Crippen molar-refractivity contribution in [1.82, 2.24) is 19.5 Å². The second-order valence-electron chi connectivity index (χ2n) is 7.20. The minimum absolute atomic E-state index is 0.0410. The number of aromatic nitrogens is 4. The molecule has 6 nitrogen and oxygen atoms in total. The maximum Gasteiger partial charge on any atom is 0.222 e. The molecule has 0 saturated heterocycles. The van der Waals surface area contributed by atoms with E-state index in [0.717, 1.165) is 43.5 Å². The first-order valence-corrected chi connectivity index (χ1v) is 9.88. The summed E-state index contributed by atoms with van der Waals surface area (Å²) in [5.74, 6) is 0.995. The molecule has 1 aromatic carbocycles. The molecule has 1 aliphatic carbocycles. The number of imidazole rings is 1. The van der Waals surface area contributed by atoms with Crippen molar-refractivity contribution in [3.63, 3.8) is 0 Å². The molecule has 2 atom stereocenters. The summed E-state index contributed by atoms with van der Waals surface area (Å²) >= 11 is 6.48. The van der Waals surface area contributed by atoms with E-state index in [0.29, 0.717) is 16.2 Å². The monoisotopic (exact) mass is 395 g/mol. The lowest BCUT2D eigenvalue weighted by molar-refractivity contribution is -0.118. The maximum absolute atomic E-state index is 12.4. The summed E-state index contributed by atoms with van der Waals surface area (Å²) in [7, 11) is 0. The third kappa shape index (κ3) is 3.40. The topological polar surface area (TPSA) is 86.7 Å². The van der Waals surface area contributed by atoms with Gasteiger partial charge in [0.1, 0.15) is 11.3 Å². The van der Waals surface area contributed by atoms with Gasteiger partial charge in [-0.3, -0.25) is 4.79 Å². The Hall–Kier alpha value is -2.73. The number of carbonyl (C=O) groups excluding carboxylic acids is 1. The number of fused-ring (bicyclic) bond motifs is 1. The molecule has 2 N–H and O–H groups in total. The second-order valence-corrected chi connectivity index (χ2v) is 7.61. The Kier molecular flexibility index (Phi) is 5.13. The molecule has 28 heavy (non-hydrogen) atoms. The molecule has 1 aliphatic rings. The second kappa shape index (κ2) is 7.72. The number of ketones is 1. The predicted octanol–water partition coefficient (Wildman–Crippen LogP) is 4.61. The van der Waals surface area contributed by atoms with Gasteiger partial charge >= 0.3 is 0 Å². The number of halogens is 1. The fourth-order valence-corrected chi connectivity index (χ4v) is 4.30. The Labute approximate surface area is 168 Å². The van der Waals surface area contributed by atoms with E-state index in [1.54, 1.807) is 6.20 Å². The summed E-state index contributed by atoms with van der Waals surface area (Å²) in [6.07, 6.45) is 7.67. The molecule has 2 heterocycles. The minimum Gasteiger partial charge on any atom is -0.368 e. The van der Waals surface area contributed by atoms with Crippen molar-refractivity contribution >= 4 is 34.5 Å². The molecule has 2 unspecified atom stereocenters. The number of hydrogen-bond donors (Lipinski definition) is 1. The van der Waals surface area contributed by atoms with Crippen LogP contribution < -0.4 is 5.73 Å². The molecule has 0 spiro atoms. The Morgan fingerprint density at radius 3 is 2.82 bits per heavy atom. The molecule has 2 aromatic heterocycles. The first-order valence-electron chi connectivity index (χ1n) is 9.50. The molecule has 0 bridgehead atoms. The highest BCUT2D eigenvalue weighted by atomic mass is 35.5. The summed E-state index contributed by atoms with van der Waals surface area (Å²) in [5, 5.41) is 0.618. The molecule has 3 aromatic rings. The Morgan fingerprint density at radius 1 is 1.25 bits per heavy atom. The average Bonchev–Trinajstić information content (AvgIpc) is 2.89. The van der Waals surface area contributed by atoms with Gasteiger partial charge in [-0.15, -0.1) is 0 Å². The van der Waals surface area contributed by atoms with E-state index in [4.69, 9.17) is 22.3 Å². The number of rotatable bonds is 4. The Morgan fingerprint density at radius 2 is 2.04 bits per heavy atom. The van der Waals surface area contributed by atoms with E-state index in [-0.39, 0.29) is 23.7 Å². The SMILES string of the molecule is C=CC(=O)C1CCCCC(n2c(-c3ccccc3Cl)nc3cnc(N)nc32)C1. The lowest BCUT2D eigenvalue weighted by atomic mass is 9.93. The van der Waals surface area contributed by atoms with Crippen molar-refractivity contribution < 1.29 is 4.79 Å². The van der Waals surface area contributed by atoms with Crippen LogP contribution in [-0.2, 0) is 4.79 Å². The molecular weight excluding hydrogens is 374 g/mol. The molecule has 0 aliphatic heterocycles. The first-order chi connectivity index (χ1) is 13.6. The third-order valence-electron chi connectivity index (χ3n) is 5.43. The largest absolute Gasteiger partial charge is 0.368 e. The van der Waals surface area contributed by atoms with Crippen LogP contribution in [-0.4, -0.2) is 25.3 Å². The highest BCUT2D eigenvalue weighted by Gasteiger charge is 2.29. The molecule has 0 radical (unpaired) electrons. The van der Waals surface area contributed by atoms with Crippen LogP contribution in [0.5, 0.6) is 0 Å². The van der Waals surface area contributed by atoms with E-state index < -0.39 is 0 Å². The third-order valence-corrected chi connectivity index (χ3v) is 5.76. The summed E-state index contributed by atoms with van der Waals surface area (Å²) in [6, 6.07) is 7.68. The first kappa shape index (κ1) is 18.6. The van der Waals surface area contributed by atoms with Crippen LogP contribution in [0.1, 0.15) is 38.1 Å². The van der Waals surface area contributed by atoms with Crippen LogP contribution in [0.2, 0.25) is 5.02 Å². The number of hydrogen-bond acceptors (Lipinski definition) is 5. The highest BCUT2D eigenvalue weighted by molar-refractivity contribution is 6.33. The molecule has 0 amide bonds. The van der Waals surface area contributed by atoms with Crippen molar-refractivity contribution in [2.75, 3.05) is 5.73 Å². The molecule has 4 rings (SSSR count). The van der Waals surface area contributed by atoms with Gasteiger partial charge < -0.3 is 10.3 Å². The number of nitrogen functional groups attached to an aromatic ring is 1. The van der Waals surface area contributed by atoms with Crippen LogP contribution in [0.4, 0.5) is 5.95 Å². The number of nitrogens with zero attached hydrogens (tertiary/aromatic N) is 4. The van der Waals surface area contributed by atoms with Crippen LogP contribution in [0.25, 0.3) is 22.6 Å². The lowest BCUT2D eigenvalue weighted by Gasteiger charge is -2.22. The van der Waals surface area contributed by atoms with Gasteiger partial charge in [0.05, 0.1) is 11.2 Å². The molecule has 1 saturated carbocycles. The zero-order valence-electron chi connectivity index (χ0n) is 15.5. The van der Waals surface area contributed by atoms with Crippen LogP contribution >= 0.6 is 11.6 Å². The van der Waals surface area contributed by atoms with E-state index >= 15 is 0 Å². The van der Waals surface area contributed by atoms with Gasteiger partial charge in [0.2, 0.25) is 5.95 Å². The Bertz CT molecular complexity index is 1040. The number of carbonyl (C=O) groups is 1. The predicted molar refractivity (Wildman–Crippen MR) is 111 cm³/mol. The van der Waals surface area contributed by atoms with Crippen molar-refractivity contribution in [1.29, 1.82) is 0 Å². The fraction of sp³-hybridized carbons (Fsp3) is 0.333. The van der Waals surface area contributed by atoms with Gasteiger partial charge in [-0.25, -0.2) is 9.97 Å². The molecular formula is C21H22ClN5O. The minimum atomic E-state index is -0.0410. The Balaban J connectivity index is 1.90. The summed E-state index contributed by atoms with van der Waals surface area (Å²) in [6.45, 7) is 3.67. The van der Waals surface area contributed by atoms with Gasteiger partial charge in [-0.2, -0.15) is 4.98 Å². The van der Waals surface area contributed by atoms with Crippen LogP contribution in [0.3, 0.4) is 0 Å². The van der Waals surface area contributed by atoms with Gasteiger partial charge in [-0.1, -0.05) is 43.2 Å². The summed E-state index contributed by atoms with van der Waals surface area (Å²) < 4.78 is 2.10. The highest BCUT2D eigenvalue weighted by Crippen LogP contribution is 2.38. The van der Waals surface area contributed by atoms with E-state index in [1.807, 2.05) is 24.3 Å². The van der Waals surface area contributed by atoms with Gasteiger partial charge in [0.15, 0.2) is 11.4 Å². The fourth-order valence-electron chi connectivity index (χ4n) is 4.08. The van der Waals surface area contributed by atoms with Gasteiger partial charge in [0.25, 0.3) is 0 Å².